The second kappa shape index (κ2) is 6.50. The van der Waals surface area contributed by atoms with Crippen LogP contribution in [0.5, 0.6) is 0 Å². The second-order valence-electron chi connectivity index (χ2n) is 4.01. The van der Waals surface area contributed by atoms with E-state index in [0.29, 0.717) is 5.69 Å². The van der Waals surface area contributed by atoms with Gasteiger partial charge in [0.25, 0.3) is 5.69 Å². The number of hydrogen-bond donors (Lipinski definition) is 2. The number of ether oxygens (including phenoxy) is 1. The molecule has 0 atom stereocenters. The van der Waals surface area contributed by atoms with Crippen molar-refractivity contribution in [2.75, 3.05) is 19.0 Å². The smallest absolute Gasteiger partial charge is 0.344 e. The minimum atomic E-state index is -0.968. The largest absolute Gasteiger partial charge is 0.481 e. The number of nitrogens with zero attached hydrogens (tertiary/aromatic N) is 1. The number of carboxylic acids is 1. The molecule has 2 N–H and O–H groups in total. The van der Waals surface area contributed by atoms with Crippen molar-refractivity contribution in [2.24, 2.45) is 0 Å². The number of esters is 1. The first-order valence-electron chi connectivity index (χ1n) is 5.69. The van der Waals surface area contributed by atoms with Crippen LogP contribution in [0.1, 0.15) is 22.3 Å². The van der Waals surface area contributed by atoms with E-state index in [9.17, 15) is 19.7 Å². The maximum atomic E-state index is 11.6. The predicted octanol–water partition coefficient (Wildman–Crippen LogP) is 1.58. The van der Waals surface area contributed by atoms with Crippen molar-refractivity contribution in [2.45, 2.75) is 13.3 Å². The topological polar surface area (TPSA) is 119 Å². The number of hydrogen-bond acceptors (Lipinski definition) is 6. The third-order valence-electron chi connectivity index (χ3n) is 2.56. The van der Waals surface area contributed by atoms with Gasteiger partial charge in [-0.1, -0.05) is 0 Å². The number of methoxy groups -OCH3 is 1. The van der Waals surface area contributed by atoms with Crippen molar-refractivity contribution in [1.29, 1.82) is 0 Å². The van der Waals surface area contributed by atoms with Crippen LogP contribution < -0.4 is 5.32 Å². The fourth-order valence-electron chi connectivity index (χ4n) is 1.70. The summed E-state index contributed by atoms with van der Waals surface area (Å²) < 4.78 is 4.51. The number of nitrogens with one attached hydrogen (secondary N) is 1. The highest BCUT2D eigenvalue weighted by molar-refractivity contribution is 5.95. The maximum Gasteiger partial charge on any atom is 0.344 e. The number of carbonyl (C=O) groups is 2. The van der Waals surface area contributed by atoms with Crippen molar-refractivity contribution in [3.8, 4) is 0 Å². The molecule has 8 nitrogen and oxygen atoms in total. The van der Waals surface area contributed by atoms with Crippen molar-refractivity contribution in [3.63, 3.8) is 0 Å². The Hall–Kier alpha value is -2.64. The molecule has 0 bridgehead atoms. The molecule has 108 valence electrons. The van der Waals surface area contributed by atoms with E-state index >= 15 is 0 Å². The molecule has 0 heterocycles. The molecule has 0 saturated heterocycles. The molecule has 1 aromatic carbocycles. The first-order chi connectivity index (χ1) is 9.36. The molecule has 0 saturated carbocycles. The van der Waals surface area contributed by atoms with Gasteiger partial charge in [0.15, 0.2) is 0 Å². The van der Waals surface area contributed by atoms with Crippen LogP contribution in [0.2, 0.25) is 0 Å². The number of rotatable bonds is 6. The fourth-order valence-corrected chi connectivity index (χ4v) is 1.70. The molecular formula is C12H14N2O6. The van der Waals surface area contributed by atoms with Gasteiger partial charge in [0.2, 0.25) is 0 Å². The van der Waals surface area contributed by atoms with Crippen LogP contribution >= 0.6 is 0 Å². The molecule has 0 radical (unpaired) electrons. The molecule has 20 heavy (non-hydrogen) atoms. The summed E-state index contributed by atoms with van der Waals surface area (Å²) in [6.07, 6.45) is -0.108. The van der Waals surface area contributed by atoms with Crippen molar-refractivity contribution in [3.05, 3.63) is 33.4 Å². The van der Waals surface area contributed by atoms with Gasteiger partial charge in [0.1, 0.15) is 5.56 Å². The summed E-state index contributed by atoms with van der Waals surface area (Å²) in [5.74, 6) is -1.79. The monoisotopic (exact) mass is 282 g/mol. The van der Waals surface area contributed by atoms with Gasteiger partial charge in [0.05, 0.1) is 18.5 Å². The molecule has 0 aliphatic heterocycles. The van der Waals surface area contributed by atoms with Crippen LogP contribution in [0.15, 0.2) is 12.1 Å². The Kier molecular flexibility index (Phi) is 5.01. The summed E-state index contributed by atoms with van der Waals surface area (Å²) in [7, 11) is 1.13. The van der Waals surface area contributed by atoms with Crippen molar-refractivity contribution < 1.29 is 24.4 Å². The Morgan fingerprint density at radius 3 is 2.60 bits per heavy atom. The van der Waals surface area contributed by atoms with Crippen LogP contribution in [-0.2, 0) is 9.53 Å². The van der Waals surface area contributed by atoms with Crippen LogP contribution in [0.3, 0.4) is 0 Å². The minimum absolute atomic E-state index is 0.108. The fraction of sp³-hybridized carbons (Fsp3) is 0.333. The molecule has 0 spiro atoms. The minimum Gasteiger partial charge on any atom is -0.481 e. The third-order valence-corrected chi connectivity index (χ3v) is 2.56. The zero-order valence-electron chi connectivity index (χ0n) is 11.0. The Morgan fingerprint density at radius 2 is 2.10 bits per heavy atom. The molecular weight excluding hydrogens is 268 g/mol. The highest BCUT2D eigenvalue weighted by Crippen LogP contribution is 2.28. The van der Waals surface area contributed by atoms with Crippen molar-refractivity contribution >= 4 is 23.3 Å². The molecule has 0 aliphatic carbocycles. The molecule has 0 aliphatic rings. The second-order valence-corrected chi connectivity index (χ2v) is 4.01. The molecule has 0 aromatic heterocycles. The van der Waals surface area contributed by atoms with E-state index in [2.05, 4.69) is 10.1 Å². The molecule has 0 unspecified atom stereocenters. The van der Waals surface area contributed by atoms with E-state index in [-0.39, 0.29) is 29.8 Å². The Morgan fingerprint density at radius 1 is 1.45 bits per heavy atom. The van der Waals surface area contributed by atoms with Gasteiger partial charge in [-0.3, -0.25) is 14.9 Å². The Balaban J connectivity index is 3.11. The molecule has 1 rings (SSSR count). The van der Waals surface area contributed by atoms with E-state index in [4.69, 9.17) is 5.11 Å². The molecule has 0 amide bonds. The number of nitro groups is 1. The SMILES string of the molecule is COC(=O)c1cc(NCCC(=O)O)cc(C)c1[N+](=O)[O-]. The lowest BCUT2D eigenvalue weighted by atomic mass is 10.1. The lowest BCUT2D eigenvalue weighted by Crippen LogP contribution is -2.11. The summed E-state index contributed by atoms with van der Waals surface area (Å²) in [4.78, 5) is 32.3. The number of carboxylic acid groups (broad SMARTS) is 1. The van der Waals surface area contributed by atoms with Gasteiger partial charge in [0, 0.05) is 17.8 Å². The van der Waals surface area contributed by atoms with Gasteiger partial charge in [-0.2, -0.15) is 0 Å². The van der Waals surface area contributed by atoms with E-state index in [1.54, 1.807) is 0 Å². The lowest BCUT2D eigenvalue weighted by molar-refractivity contribution is -0.385. The normalized spacial score (nSPS) is 9.90. The maximum absolute atomic E-state index is 11.6. The average molecular weight is 282 g/mol. The Labute approximate surface area is 114 Å². The summed E-state index contributed by atoms with van der Waals surface area (Å²) in [6, 6.07) is 2.76. The number of benzene rings is 1. The number of aryl methyl sites for hydroxylation is 1. The van der Waals surface area contributed by atoms with Gasteiger partial charge in [-0.05, 0) is 19.1 Å². The molecule has 8 heteroatoms. The predicted molar refractivity (Wildman–Crippen MR) is 69.9 cm³/mol. The van der Waals surface area contributed by atoms with Gasteiger partial charge in [-0.15, -0.1) is 0 Å². The highest BCUT2D eigenvalue weighted by atomic mass is 16.6. The van der Waals surface area contributed by atoms with Crippen LogP contribution in [0.4, 0.5) is 11.4 Å². The quantitative estimate of drug-likeness (QED) is 0.461. The first-order valence-corrected chi connectivity index (χ1v) is 5.69. The number of carbonyl (C=O) groups excluding carboxylic acids is 1. The Bertz CT molecular complexity index is 555. The van der Waals surface area contributed by atoms with Gasteiger partial charge < -0.3 is 15.2 Å². The van der Waals surface area contributed by atoms with Crippen LogP contribution in [-0.4, -0.2) is 35.6 Å². The highest BCUT2D eigenvalue weighted by Gasteiger charge is 2.24. The first kappa shape index (κ1) is 15.4. The zero-order chi connectivity index (χ0) is 15.3. The lowest BCUT2D eigenvalue weighted by Gasteiger charge is -2.09. The van der Waals surface area contributed by atoms with E-state index < -0.39 is 16.9 Å². The zero-order valence-corrected chi connectivity index (χ0v) is 11.0. The van der Waals surface area contributed by atoms with E-state index in [0.717, 1.165) is 7.11 Å². The average Bonchev–Trinajstić information content (AvgIpc) is 2.36. The summed E-state index contributed by atoms with van der Waals surface area (Å²) >= 11 is 0. The third kappa shape index (κ3) is 3.67. The molecule has 0 fully saturated rings. The summed E-state index contributed by atoms with van der Waals surface area (Å²) in [6.45, 7) is 1.64. The molecule has 1 aromatic rings. The number of aliphatic carboxylic acids is 1. The number of nitro benzene ring substituents is 1. The van der Waals surface area contributed by atoms with E-state index in [1.165, 1.54) is 19.1 Å². The summed E-state index contributed by atoms with van der Waals surface area (Å²) in [5, 5.41) is 22.3. The van der Waals surface area contributed by atoms with E-state index in [1.807, 2.05) is 0 Å². The van der Waals surface area contributed by atoms with Crippen LogP contribution in [0, 0.1) is 17.0 Å². The van der Waals surface area contributed by atoms with Gasteiger partial charge in [-0.25, -0.2) is 4.79 Å². The standard InChI is InChI=1S/C12H14N2O6/c1-7-5-8(13-4-3-10(15)16)6-9(12(17)20-2)11(7)14(18)19/h5-6,13H,3-4H2,1-2H3,(H,15,16). The van der Waals surface area contributed by atoms with Crippen molar-refractivity contribution in [1.82, 2.24) is 0 Å². The van der Waals surface area contributed by atoms with Crippen LogP contribution in [0.25, 0.3) is 0 Å². The number of anilines is 1. The summed E-state index contributed by atoms with van der Waals surface area (Å²) in [5.41, 5.74) is 0.224. The van der Waals surface area contributed by atoms with Gasteiger partial charge >= 0.3 is 11.9 Å².